The Hall–Kier alpha value is -2.12. The number of aryl methyl sites for hydroxylation is 2. The van der Waals surface area contributed by atoms with Crippen LogP contribution in [-0.2, 0) is 11.3 Å². The Morgan fingerprint density at radius 2 is 1.87 bits per heavy atom. The van der Waals surface area contributed by atoms with Crippen LogP contribution in [-0.4, -0.2) is 32.2 Å². The lowest BCUT2D eigenvalue weighted by molar-refractivity contribution is -0.130. The predicted octanol–water partition coefficient (Wildman–Crippen LogP) is 5.19. The summed E-state index contributed by atoms with van der Waals surface area (Å²) in [7, 11) is 0. The lowest BCUT2D eigenvalue weighted by Crippen LogP contribution is -2.36. The third-order valence-electron chi connectivity index (χ3n) is 5.26. The number of aromatic nitrogens is 2. The number of thiophene rings is 1. The van der Waals surface area contributed by atoms with E-state index in [-0.39, 0.29) is 22.8 Å². The number of fused-ring (bicyclic) bond motifs is 1. The molecule has 3 aromatic rings. The van der Waals surface area contributed by atoms with Crippen LogP contribution in [0.15, 0.2) is 40.3 Å². The summed E-state index contributed by atoms with van der Waals surface area (Å²) in [4.78, 5) is 34.9. The Balaban J connectivity index is 1.91. The lowest BCUT2D eigenvalue weighted by Gasteiger charge is -2.25. The SMILES string of the molecule is CCN(Cc1ccccc1)C(=O)C(C)Sc1nc2sc(C)c(C)c2c(=O)n1C(C)C. The summed E-state index contributed by atoms with van der Waals surface area (Å²) in [6.45, 7) is 13.0. The van der Waals surface area contributed by atoms with Gasteiger partial charge in [0.15, 0.2) is 5.16 Å². The smallest absolute Gasteiger partial charge is 0.263 e. The molecule has 0 fully saturated rings. The summed E-state index contributed by atoms with van der Waals surface area (Å²) in [6, 6.07) is 9.96. The summed E-state index contributed by atoms with van der Waals surface area (Å²) in [5.74, 6) is 0.0505. The van der Waals surface area contributed by atoms with Crippen molar-refractivity contribution < 1.29 is 4.79 Å². The molecule has 0 spiro atoms. The fraction of sp³-hybridized carbons (Fsp3) is 0.435. The molecule has 2 aromatic heterocycles. The van der Waals surface area contributed by atoms with Gasteiger partial charge < -0.3 is 4.90 Å². The summed E-state index contributed by atoms with van der Waals surface area (Å²) in [5, 5.41) is 0.972. The second-order valence-electron chi connectivity index (χ2n) is 7.72. The number of carbonyl (C=O) groups is 1. The van der Waals surface area contributed by atoms with E-state index < -0.39 is 0 Å². The van der Waals surface area contributed by atoms with E-state index in [1.807, 2.05) is 76.8 Å². The van der Waals surface area contributed by atoms with Gasteiger partial charge in [0.05, 0.1) is 10.6 Å². The van der Waals surface area contributed by atoms with Crippen molar-refractivity contribution in [2.45, 2.75) is 64.5 Å². The summed E-state index contributed by atoms with van der Waals surface area (Å²) in [6.07, 6.45) is 0. The van der Waals surface area contributed by atoms with Gasteiger partial charge in [-0.05, 0) is 52.7 Å². The molecule has 1 amide bonds. The highest BCUT2D eigenvalue weighted by atomic mass is 32.2. The minimum Gasteiger partial charge on any atom is -0.338 e. The second-order valence-corrected chi connectivity index (χ2v) is 10.2. The molecule has 0 saturated carbocycles. The van der Waals surface area contributed by atoms with Crippen LogP contribution >= 0.6 is 23.1 Å². The maximum absolute atomic E-state index is 13.2. The summed E-state index contributed by atoms with van der Waals surface area (Å²) >= 11 is 2.91. The molecule has 3 rings (SSSR count). The molecule has 0 aliphatic heterocycles. The number of carbonyl (C=O) groups excluding carboxylic acids is 1. The van der Waals surface area contributed by atoms with Gasteiger partial charge in [0.2, 0.25) is 5.91 Å². The van der Waals surface area contributed by atoms with Crippen LogP contribution in [0.3, 0.4) is 0 Å². The molecule has 1 unspecified atom stereocenters. The van der Waals surface area contributed by atoms with Crippen LogP contribution < -0.4 is 5.56 Å². The molecule has 30 heavy (non-hydrogen) atoms. The standard InChI is InChI=1S/C23H29N3O2S2/c1-7-25(13-18-11-9-8-10-12-18)21(27)17(6)30-23-24-20-19(15(4)16(5)29-20)22(28)26(23)14(2)3/h8-12,14,17H,7,13H2,1-6H3. The molecule has 0 aliphatic rings. The predicted molar refractivity (Wildman–Crippen MR) is 127 cm³/mol. The zero-order valence-corrected chi connectivity index (χ0v) is 20.1. The van der Waals surface area contributed by atoms with Crippen molar-refractivity contribution in [3.05, 3.63) is 56.7 Å². The van der Waals surface area contributed by atoms with Gasteiger partial charge in [-0.15, -0.1) is 11.3 Å². The maximum atomic E-state index is 13.2. The number of amides is 1. The van der Waals surface area contributed by atoms with Crippen molar-refractivity contribution in [2.24, 2.45) is 0 Å². The van der Waals surface area contributed by atoms with Crippen LogP contribution in [0, 0.1) is 13.8 Å². The average molecular weight is 444 g/mol. The zero-order valence-electron chi connectivity index (χ0n) is 18.4. The molecule has 0 aliphatic carbocycles. The first-order valence-electron chi connectivity index (χ1n) is 10.3. The quantitative estimate of drug-likeness (QED) is 0.373. The monoisotopic (exact) mass is 443 g/mol. The van der Waals surface area contributed by atoms with E-state index in [0.29, 0.717) is 23.6 Å². The molecule has 2 heterocycles. The first-order chi connectivity index (χ1) is 14.2. The summed E-state index contributed by atoms with van der Waals surface area (Å²) < 4.78 is 1.73. The van der Waals surface area contributed by atoms with Crippen molar-refractivity contribution in [1.82, 2.24) is 14.5 Å². The average Bonchev–Trinajstić information content (AvgIpc) is 2.99. The van der Waals surface area contributed by atoms with E-state index in [1.54, 1.807) is 15.9 Å². The normalized spacial score (nSPS) is 12.5. The third-order valence-corrected chi connectivity index (χ3v) is 7.41. The van der Waals surface area contributed by atoms with Gasteiger partial charge in [-0.1, -0.05) is 42.1 Å². The van der Waals surface area contributed by atoms with Crippen molar-refractivity contribution in [2.75, 3.05) is 6.54 Å². The Labute approximate surface area is 186 Å². The zero-order chi connectivity index (χ0) is 22.0. The molecular formula is C23H29N3O2S2. The Bertz CT molecular complexity index is 1100. The second kappa shape index (κ2) is 9.35. The van der Waals surface area contributed by atoms with Gasteiger partial charge in [-0.3, -0.25) is 14.2 Å². The number of nitrogens with zero attached hydrogens (tertiary/aromatic N) is 3. The van der Waals surface area contributed by atoms with Crippen molar-refractivity contribution in [1.29, 1.82) is 0 Å². The number of thioether (sulfide) groups is 1. The number of hydrogen-bond acceptors (Lipinski definition) is 5. The highest BCUT2D eigenvalue weighted by molar-refractivity contribution is 8.00. The molecule has 0 radical (unpaired) electrons. The highest BCUT2D eigenvalue weighted by Gasteiger charge is 2.25. The van der Waals surface area contributed by atoms with E-state index in [4.69, 9.17) is 4.98 Å². The number of hydrogen-bond donors (Lipinski definition) is 0. The van der Waals surface area contributed by atoms with Crippen molar-refractivity contribution in [3.8, 4) is 0 Å². The van der Waals surface area contributed by atoms with E-state index in [0.717, 1.165) is 20.8 Å². The van der Waals surface area contributed by atoms with E-state index in [2.05, 4.69) is 0 Å². The van der Waals surface area contributed by atoms with Crippen LogP contribution in [0.4, 0.5) is 0 Å². The van der Waals surface area contributed by atoms with Gasteiger partial charge >= 0.3 is 0 Å². The van der Waals surface area contributed by atoms with Gasteiger partial charge in [-0.2, -0.15) is 0 Å². The topological polar surface area (TPSA) is 55.2 Å². The van der Waals surface area contributed by atoms with E-state index >= 15 is 0 Å². The van der Waals surface area contributed by atoms with Crippen LogP contribution in [0.2, 0.25) is 0 Å². The Morgan fingerprint density at radius 3 is 2.47 bits per heavy atom. The lowest BCUT2D eigenvalue weighted by atomic mass is 10.2. The molecule has 1 atom stereocenters. The van der Waals surface area contributed by atoms with Crippen LogP contribution in [0.5, 0.6) is 0 Å². The third kappa shape index (κ3) is 4.47. The first kappa shape index (κ1) is 22.6. The minimum atomic E-state index is -0.342. The van der Waals surface area contributed by atoms with Gasteiger partial charge in [-0.25, -0.2) is 4.98 Å². The molecule has 7 heteroatoms. The number of rotatable bonds is 7. The van der Waals surface area contributed by atoms with E-state index in [1.165, 1.54) is 11.8 Å². The highest BCUT2D eigenvalue weighted by Crippen LogP contribution is 2.31. The molecule has 160 valence electrons. The molecule has 0 bridgehead atoms. The molecule has 5 nitrogen and oxygen atoms in total. The fourth-order valence-electron chi connectivity index (χ4n) is 3.44. The molecule has 1 aromatic carbocycles. The van der Waals surface area contributed by atoms with Crippen LogP contribution in [0.25, 0.3) is 10.2 Å². The Kier molecular flexibility index (Phi) is 7.03. The maximum Gasteiger partial charge on any atom is 0.263 e. The summed E-state index contributed by atoms with van der Waals surface area (Å²) in [5.41, 5.74) is 2.09. The Morgan fingerprint density at radius 1 is 1.20 bits per heavy atom. The largest absolute Gasteiger partial charge is 0.338 e. The molecular weight excluding hydrogens is 414 g/mol. The first-order valence-corrected chi connectivity index (χ1v) is 12.0. The fourth-order valence-corrected chi connectivity index (χ4v) is 5.64. The van der Waals surface area contributed by atoms with Crippen molar-refractivity contribution in [3.63, 3.8) is 0 Å². The van der Waals surface area contributed by atoms with Gasteiger partial charge in [0.25, 0.3) is 5.56 Å². The molecule has 0 N–H and O–H groups in total. The van der Waals surface area contributed by atoms with Crippen LogP contribution in [0.1, 0.15) is 49.7 Å². The van der Waals surface area contributed by atoms with Crippen molar-refractivity contribution >= 4 is 39.2 Å². The van der Waals surface area contributed by atoms with E-state index in [9.17, 15) is 9.59 Å². The van der Waals surface area contributed by atoms with Gasteiger partial charge in [0, 0.05) is 24.0 Å². The molecule has 0 saturated heterocycles. The minimum absolute atomic E-state index is 0.0179. The number of benzene rings is 1. The van der Waals surface area contributed by atoms with Gasteiger partial charge in [0.1, 0.15) is 4.83 Å².